The number of pyridine rings is 1. The van der Waals surface area contributed by atoms with Crippen LogP contribution in [0, 0.1) is 0 Å². The number of nitrogens with one attached hydrogen (secondary N) is 3. The third kappa shape index (κ3) is 2.56. The molecular weight excluding hydrogens is 304 g/mol. The molecule has 4 rings (SSSR count). The van der Waals surface area contributed by atoms with Crippen LogP contribution in [0.25, 0.3) is 11.0 Å². The Morgan fingerprint density at radius 1 is 1.21 bits per heavy atom. The molecule has 0 spiro atoms. The van der Waals surface area contributed by atoms with Gasteiger partial charge in [0.2, 0.25) is 0 Å². The highest BCUT2D eigenvalue weighted by Gasteiger charge is 2.17. The SMILES string of the molecule is CC1Nc2ccc3[nH]cc(c3n2)C(=O)NCCOc2ccccc21. The van der Waals surface area contributed by atoms with E-state index < -0.39 is 0 Å². The van der Waals surface area contributed by atoms with Crippen molar-refractivity contribution >= 4 is 22.8 Å². The molecule has 24 heavy (non-hydrogen) atoms. The molecule has 0 aliphatic carbocycles. The van der Waals surface area contributed by atoms with Crippen LogP contribution < -0.4 is 15.4 Å². The van der Waals surface area contributed by atoms with Crippen LogP contribution >= 0.6 is 0 Å². The number of amides is 1. The number of aromatic amines is 1. The van der Waals surface area contributed by atoms with Gasteiger partial charge >= 0.3 is 0 Å². The molecule has 1 unspecified atom stereocenters. The van der Waals surface area contributed by atoms with Crippen molar-refractivity contribution in [1.82, 2.24) is 15.3 Å². The van der Waals surface area contributed by atoms with Crippen molar-refractivity contribution in [3.05, 3.63) is 53.7 Å². The third-order valence-electron chi connectivity index (χ3n) is 4.16. The van der Waals surface area contributed by atoms with Gasteiger partial charge in [-0.15, -0.1) is 0 Å². The third-order valence-corrected chi connectivity index (χ3v) is 4.16. The Hall–Kier alpha value is -3.02. The first-order valence-electron chi connectivity index (χ1n) is 7.97. The summed E-state index contributed by atoms with van der Waals surface area (Å²) in [6.07, 6.45) is 1.69. The predicted molar refractivity (Wildman–Crippen MR) is 92.4 cm³/mol. The molecule has 0 saturated carbocycles. The number of nitrogens with zero attached hydrogens (tertiary/aromatic N) is 1. The molecule has 1 amide bonds. The van der Waals surface area contributed by atoms with E-state index in [4.69, 9.17) is 4.74 Å². The summed E-state index contributed by atoms with van der Waals surface area (Å²) in [4.78, 5) is 20.1. The Morgan fingerprint density at radius 3 is 3.00 bits per heavy atom. The number of carbonyl (C=O) groups is 1. The summed E-state index contributed by atoms with van der Waals surface area (Å²) in [6.45, 7) is 2.91. The van der Waals surface area contributed by atoms with Gasteiger partial charge in [0.15, 0.2) is 0 Å². The smallest absolute Gasteiger partial charge is 0.255 e. The lowest BCUT2D eigenvalue weighted by atomic mass is 10.1. The number of carbonyl (C=O) groups excluding carboxylic acids is 1. The second-order valence-electron chi connectivity index (χ2n) is 5.80. The molecule has 3 heterocycles. The van der Waals surface area contributed by atoms with E-state index in [1.165, 1.54) is 0 Å². The van der Waals surface area contributed by atoms with Gasteiger partial charge in [-0.1, -0.05) is 18.2 Å². The van der Waals surface area contributed by atoms with Crippen molar-refractivity contribution in [1.29, 1.82) is 0 Å². The van der Waals surface area contributed by atoms with Gasteiger partial charge in [-0.05, 0) is 25.1 Å². The van der Waals surface area contributed by atoms with Crippen molar-refractivity contribution in [3.8, 4) is 5.75 Å². The van der Waals surface area contributed by atoms with Gasteiger partial charge in [0, 0.05) is 11.8 Å². The summed E-state index contributed by atoms with van der Waals surface area (Å²) in [5, 5.41) is 6.26. The van der Waals surface area contributed by atoms with Crippen LogP contribution in [0.2, 0.25) is 0 Å². The summed E-state index contributed by atoms with van der Waals surface area (Å²) in [7, 11) is 0. The summed E-state index contributed by atoms with van der Waals surface area (Å²) in [6, 6.07) is 11.8. The standard InChI is InChI=1S/C18H18N4O2/c1-11-12-4-2-3-5-15(12)24-9-8-19-18(23)13-10-20-14-6-7-16(21-11)22-17(13)14/h2-7,10-11,20H,8-9H2,1H3,(H,19,23)(H,21,22). The van der Waals surface area contributed by atoms with Crippen LogP contribution in [0.1, 0.15) is 28.9 Å². The lowest BCUT2D eigenvalue weighted by Gasteiger charge is -2.18. The lowest BCUT2D eigenvalue weighted by molar-refractivity contribution is 0.0948. The molecule has 1 aliphatic rings. The largest absolute Gasteiger partial charge is 0.491 e. The van der Waals surface area contributed by atoms with Crippen LogP contribution in [0.3, 0.4) is 0 Å². The van der Waals surface area contributed by atoms with E-state index in [0.717, 1.165) is 22.6 Å². The molecule has 0 fully saturated rings. The number of hydrogen-bond donors (Lipinski definition) is 3. The molecule has 3 N–H and O–H groups in total. The van der Waals surface area contributed by atoms with Gasteiger partial charge in [0.1, 0.15) is 23.7 Å². The molecule has 2 aromatic heterocycles. The number of benzene rings is 1. The van der Waals surface area contributed by atoms with Gasteiger partial charge in [-0.3, -0.25) is 4.79 Å². The van der Waals surface area contributed by atoms with Crippen LogP contribution in [0.15, 0.2) is 42.6 Å². The van der Waals surface area contributed by atoms with Gasteiger partial charge in [0.05, 0.1) is 23.7 Å². The average molecular weight is 322 g/mol. The predicted octanol–water partition coefficient (Wildman–Crippen LogP) is 2.86. The molecule has 122 valence electrons. The molecule has 6 nitrogen and oxygen atoms in total. The number of aromatic nitrogens is 2. The van der Waals surface area contributed by atoms with E-state index in [2.05, 4.69) is 27.5 Å². The summed E-state index contributed by atoms with van der Waals surface area (Å²) in [5.74, 6) is 1.38. The molecule has 6 heteroatoms. The summed E-state index contributed by atoms with van der Waals surface area (Å²) >= 11 is 0. The first-order valence-corrected chi connectivity index (χ1v) is 7.97. The number of H-pyrrole nitrogens is 1. The lowest BCUT2D eigenvalue weighted by Crippen LogP contribution is -2.28. The molecule has 0 saturated heterocycles. The van der Waals surface area contributed by atoms with E-state index in [9.17, 15) is 4.79 Å². The van der Waals surface area contributed by atoms with E-state index in [0.29, 0.717) is 24.2 Å². The maximum atomic E-state index is 12.4. The number of hydrogen-bond acceptors (Lipinski definition) is 4. The van der Waals surface area contributed by atoms with Crippen LogP contribution in [-0.4, -0.2) is 29.0 Å². The van der Waals surface area contributed by atoms with Crippen molar-refractivity contribution in [2.45, 2.75) is 13.0 Å². The summed E-state index contributed by atoms with van der Waals surface area (Å²) < 4.78 is 5.85. The molecule has 1 aromatic carbocycles. The topological polar surface area (TPSA) is 79.0 Å². The number of para-hydroxylation sites is 1. The van der Waals surface area contributed by atoms with E-state index >= 15 is 0 Å². The van der Waals surface area contributed by atoms with Gasteiger partial charge in [0.25, 0.3) is 5.91 Å². The maximum absolute atomic E-state index is 12.4. The summed E-state index contributed by atoms with van der Waals surface area (Å²) in [5.41, 5.74) is 3.10. The molecule has 1 aliphatic heterocycles. The van der Waals surface area contributed by atoms with E-state index in [-0.39, 0.29) is 11.9 Å². The minimum absolute atomic E-state index is 0.0259. The maximum Gasteiger partial charge on any atom is 0.255 e. The average Bonchev–Trinajstić information content (AvgIpc) is 3.01. The first kappa shape index (κ1) is 14.6. The Labute approximate surface area is 139 Å². The molecular formula is C18H18N4O2. The Balaban J connectivity index is 1.79. The normalized spacial score (nSPS) is 17.7. The highest BCUT2D eigenvalue weighted by Crippen LogP contribution is 2.28. The monoisotopic (exact) mass is 322 g/mol. The van der Waals surface area contributed by atoms with Crippen molar-refractivity contribution in [2.75, 3.05) is 18.5 Å². The van der Waals surface area contributed by atoms with Crippen LogP contribution in [0.4, 0.5) is 5.82 Å². The number of rotatable bonds is 0. The van der Waals surface area contributed by atoms with Crippen molar-refractivity contribution in [3.63, 3.8) is 0 Å². The second kappa shape index (κ2) is 5.88. The van der Waals surface area contributed by atoms with Gasteiger partial charge < -0.3 is 20.4 Å². The molecule has 1 atom stereocenters. The minimum Gasteiger partial charge on any atom is -0.491 e. The van der Waals surface area contributed by atoms with Gasteiger partial charge in [-0.25, -0.2) is 4.98 Å². The highest BCUT2D eigenvalue weighted by molar-refractivity contribution is 6.05. The van der Waals surface area contributed by atoms with Crippen LogP contribution in [0.5, 0.6) is 5.75 Å². The zero-order chi connectivity index (χ0) is 16.5. The first-order chi connectivity index (χ1) is 11.7. The number of fused-ring (bicyclic) bond motifs is 2. The number of ether oxygens (including phenoxy) is 1. The van der Waals surface area contributed by atoms with Gasteiger partial charge in [-0.2, -0.15) is 0 Å². The zero-order valence-corrected chi connectivity index (χ0v) is 13.3. The van der Waals surface area contributed by atoms with Crippen molar-refractivity contribution < 1.29 is 9.53 Å². The van der Waals surface area contributed by atoms with E-state index in [1.807, 2.05) is 36.4 Å². The second-order valence-corrected chi connectivity index (χ2v) is 5.80. The fourth-order valence-electron chi connectivity index (χ4n) is 2.94. The van der Waals surface area contributed by atoms with Crippen LogP contribution in [-0.2, 0) is 0 Å². The Kier molecular flexibility index (Phi) is 3.57. The molecule has 0 radical (unpaired) electrons. The molecule has 2 bridgehead atoms. The van der Waals surface area contributed by atoms with Crippen molar-refractivity contribution in [2.24, 2.45) is 0 Å². The highest BCUT2D eigenvalue weighted by atomic mass is 16.5. The quantitative estimate of drug-likeness (QED) is 0.594. The zero-order valence-electron chi connectivity index (χ0n) is 13.3. The fraction of sp³-hybridized carbons (Fsp3) is 0.222. The van der Waals surface area contributed by atoms with E-state index in [1.54, 1.807) is 6.20 Å². The Bertz CT molecular complexity index is 903. The minimum atomic E-state index is -0.157. The fourth-order valence-corrected chi connectivity index (χ4v) is 2.94. The Morgan fingerprint density at radius 2 is 2.08 bits per heavy atom. The number of anilines is 1. The molecule has 3 aromatic rings.